The number of methoxy groups -OCH3 is 2. The van der Waals surface area contributed by atoms with Gasteiger partial charge >= 0.3 is 0 Å². The van der Waals surface area contributed by atoms with E-state index in [1.807, 2.05) is 18.2 Å². The minimum atomic E-state index is -0.342. The van der Waals surface area contributed by atoms with Crippen LogP contribution in [-0.4, -0.2) is 75.7 Å². The number of rotatable bonds is 7. The second-order valence-corrected chi connectivity index (χ2v) is 7.40. The summed E-state index contributed by atoms with van der Waals surface area (Å²) >= 11 is 0. The zero-order chi connectivity index (χ0) is 22.9. The van der Waals surface area contributed by atoms with E-state index in [2.05, 4.69) is 25.4 Å². The van der Waals surface area contributed by atoms with Gasteiger partial charge in [-0.1, -0.05) is 0 Å². The summed E-state index contributed by atoms with van der Waals surface area (Å²) < 4.78 is 23.8. The number of nitrogens with zero attached hydrogens (tertiary/aromatic N) is 3. The molecular weight excluding hydrogens is 413 g/mol. The lowest BCUT2D eigenvalue weighted by Gasteiger charge is -2.36. The molecule has 3 rings (SSSR count). The van der Waals surface area contributed by atoms with Gasteiger partial charge in [0.2, 0.25) is 5.91 Å². The molecule has 1 heterocycles. The number of nitrogens with one attached hydrogen (secondary N) is 2. The van der Waals surface area contributed by atoms with Crippen molar-refractivity contribution in [1.82, 2.24) is 15.1 Å². The molecule has 2 N–H and O–H groups in total. The van der Waals surface area contributed by atoms with Crippen LogP contribution in [0.3, 0.4) is 0 Å². The number of hydrogen-bond acceptors (Lipinski definition) is 5. The number of benzene rings is 2. The normalized spacial score (nSPS) is 14.8. The van der Waals surface area contributed by atoms with Gasteiger partial charge in [-0.05, 0) is 42.5 Å². The minimum Gasteiger partial charge on any atom is -0.497 e. The topological polar surface area (TPSA) is 78.4 Å². The Balaban J connectivity index is 1.48. The van der Waals surface area contributed by atoms with Crippen LogP contribution in [0, 0.1) is 5.82 Å². The molecule has 0 radical (unpaired) electrons. The number of ether oxygens (including phenoxy) is 2. The van der Waals surface area contributed by atoms with Crippen LogP contribution in [0.2, 0.25) is 0 Å². The van der Waals surface area contributed by atoms with E-state index in [-0.39, 0.29) is 18.3 Å². The highest BCUT2D eigenvalue weighted by molar-refractivity contribution is 5.95. The molecule has 1 aliphatic rings. The van der Waals surface area contributed by atoms with Gasteiger partial charge in [0, 0.05) is 51.0 Å². The highest BCUT2D eigenvalue weighted by atomic mass is 19.1. The maximum Gasteiger partial charge on any atom is 0.243 e. The van der Waals surface area contributed by atoms with Gasteiger partial charge in [-0.25, -0.2) is 4.39 Å². The van der Waals surface area contributed by atoms with Crippen LogP contribution in [-0.2, 0) is 11.3 Å². The standard InChI is InChI=1S/C23H30FN5O3/c1-25-23(26-15-22(30)27-19-6-4-18(24)5-7-19)29-12-10-28(11-13-29)16-17-14-20(31-2)8-9-21(17)32-3/h4-9,14H,10-13,15-16H2,1-3H3,(H,25,26)(H,27,30). The average Bonchev–Trinajstić information content (AvgIpc) is 2.82. The summed E-state index contributed by atoms with van der Waals surface area (Å²) in [4.78, 5) is 21.0. The lowest BCUT2D eigenvalue weighted by molar-refractivity contribution is -0.115. The first-order chi connectivity index (χ1) is 15.5. The van der Waals surface area contributed by atoms with E-state index >= 15 is 0 Å². The third-order valence-corrected chi connectivity index (χ3v) is 5.30. The number of anilines is 1. The summed E-state index contributed by atoms with van der Waals surface area (Å²) in [5, 5.41) is 5.84. The Bertz CT molecular complexity index is 928. The molecular formula is C23H30FN5O3. The van der Waals surface area contributed by atoms with Gasteiger partial charge in [-0.3, -0.25) is 14.7 Å². The molecule has 172 valence electrons. The molecule has 1 saturated heterocycles. The molecule has 8 nitrogen and oxygen atoms in total. The second-order valence-electron chi connectivity index (χ2n) is 7.40. The van der Waals surface area contributed by atoms with Gasteiger partial charge in [0.05, 0.1) is 20.8 Å². The summed E-state index contributed by atoms with van der Waals surface area (Å²) in [5.41, 5.74) is 1.63. The van der Waals surface area contributed by atoms with E-state index in [1.54, 1.807) is 21.3 Å². The first kappa shape index (κ1) is 23.3. The molecule has 0 aromatic heterocycles. The monoisotopic (exact) mass is 443 g/mol. The Morgan fingerprint density at radius 2 is 1.78 bits per heavy atom. The Kier molecular flexibility index (Phi) is 8.27. The maximum absolute atomic E-state index is 13.0. The molecule has 0 bridgehead atoms. The van der Waals surface area contributed by atoms with E-state index < -0.39 is 0 Å². The molecule has 0 aliphatic carbocycles. The van der Waals surface area contributed by atoms with E-state index in [0.717, 1.165) is 49.8 Å². The molecule has 32 heavy (non-hydrogen) atoms. The highest BCUT2D eigenvalue weighted by Crippen LogP contribution is 2.25. The van der Waals surface area contributed by atoms with Crippen molar-refractivity contribution in [3.05, 3.63) is 53.8 Å². The molecule has 2 aromatic rings. The molecule has 0 saturated carbocycles. The molecule has 0 unspecified atom stereocenters. The van der Waals surface area contributed by atoms with E-state index in [1.165, 1.54) is 24.3 Å². The van der Waals surface area contributed by atoms with Crippen molar-refractivity contribution in [3.63, 3.8) is 0 Å². The van der Waals surface area contributed by atoms with Crippen molar-refractivity contribution < 1.29 is 18.7 Å². The van der Waals surface area contributed by atoms with Crippen LogP contribution in [0.5, 0.6) is 11.5 Å². The van der Waals surface area contributed by atoms with Crippen molar-refractivity contribution in [3.8, 4) is 11.5 Å². The lowest BCUT2D eigenvalue weighted by atomic mass is 10.1. The number of hydrogen-bond donors (Lipinski definition) is 2. The third kappa shape index (κ3) is 6.34. The van der Waals surface area contributed by atoms with Gasteiger partial charge in [-0.2, -0.15) is 0 Å². The first-order valence-electron chi connectivity index (χ1n) is 10.5. The summed E-state index contributed by atoms with van der Waals surface area (Å²) in [6.07, 6.45) is 0. The number of carbonyl (C=O) groups is 1. The van der Waals surface area contributed by atoms with Crippen LogP contribution in [0.4, 0.5) is 10.1 Å². The van der Waals surface area contributed by atoms with Gasteiger partial charge < -0.3 is 25.0 Å². The first-order valence-corrected chi connectivity index (χ1v) is 10.5. The minimum absolute atomic E-state index is 0.0747. The zero-order valence-electron chi connectivity index (χ0n) is 18.7. The predicted molar refractivity (Wildman–Crippen MR) is 123 cm³/mol. The van der Waals surface area contributed by atoms with Crippen LogP contribution >= 0.6 is 0 Å². The quantitative estimate of drug-likeness (QED) is 0.505. The fraction of sp³-hybridized carbons (Fsp3) is 0.391. The third-order valence-electron chi connectivity index (χ3n) is 5.30. The average molecular weight is 444 g/mol. The number of guanidine groups is 1. The van der Waals surface area contributed by atoms with E-state index in [9.17, 15) is 9.18 Å². The van der Waals surface area contributed by atoms with Crippen molar-refractivity contribution in [2.75, 3.05) is 59.3 Å². The van der Waals surface area contributed by atoms with E-state index in [4.69, 9.17) is 9.47 Å². The molecule has 0 spiro atoms. The number of amides is 1. The number of halogens is 1. The number of piperazine rings is 1. The van der Waals surface area contributed by atoms with Crippen molar-refractivity contribution in [2.45, 2.75) is 6.54 Å². The van der Waals surface area contributed by atoms with Crippen molar-refractivity contribution >= 4 is 17.6 Å². The van der Waals surface area contributed by atoms with Crippen LogP contribution in [0.25, 0.3) is 0 Å². The van der Waals surface area contributed by atoms with Crippen LogP contribution in [0.1, 0.15) is 5.56 Å². The zero-order valence-corrected chi connectivity index (χ0v) is 18.7. The molecule has 1 amide bonds. The second kappa shape index (κ2) is 11.3. The summed E-state index contributed by atoms with van der Waals surface area (Å²) in [6.45, 7) is 4.11. The number of aliphatic imine (C=N–C) groups is 1. The molecule has 1 aliphatic heterocycles. The predicted octanol–water partition coefficient (Wildman–Crippen LogP) is 2.17. The van der Waals surface area contributed by atoms with Gasteiger partial charge in [0.15, 0.2) is 5.96 Å². The summed E-state index contributed by atoms with van der Waals surface area (Å²) in [5.74, 6) is 1.77. The smallest absolute Gasteiger partial charge is 0.243 e. The Hall–Kier alpha value is -3.33. The molecule has 2 aromatic carbocycles. The van der Waals surface area contributed by atoms with Crippen molar-refractivity contribution in [2.24, 2.45) is 4.99 Å². The Morgan fingerprint density at radius 3 is 2.41 bits per heavy atom. The van der Waals surface area contributed by atoms with Crippen molar-refractivity contribution in [1.29, 1.82) is 0 Å². The van der Waals surface area contributed by atoms with Gasteiger partial charge in [0.25, 0.3) is 0 Å². The Morgan fingerprint density at radius 1 is 1.06 bits per heavy atom. The van der Waals surface area contributed by atoms with E-state index in [0.29, 0.717) is 11.6 Å². The Labute approximate surface area is 188 Å². The summed E-state index contributed by atoms with van der Waals surface area (Å²) in [7, 11) is 5.03. The van der Waals surface area contributed by atoms with Gasteiger partial charge in [-0.15, -0.1) is 0 Å². The van der Waals surface area contributed by atoms with Crippen LogP contribution in [0.15, 0.2) is 47.5 Å². The largest absolute Gasteiger partial charge is 0.497 e. The van der Waals surface area contributed by atoms with Gasteiger partial charge in [0.1, 0.15) is 17.3 Å². The highest BCUT2D eigenvalue weighted by Gasteiger charge is 2.21. The fourth-order valence-electron chi connectivity index (χ4n) is 3.59. The molecule has 1 fully saturated rings. The summed E-state index contributed by atoms with van der Waals surface area (Å²) in [6, 6.07) is 11.5. The molecule has 9 heteroatoms. The maximum atomic E-state index is 13.0. The lowest BCUT2D eigenvalue weighted by Crippen LogP contribution is -2.53. The van der Waals surface area contributed by atoms with Crippen LogP contribution < -0.4 is 20.1 Å². The number of carbonyl (C=O) groups excluding carboxylic acids is 1. The fourth-order valence-corrected chi connectivity index (χ4v) is 3.59. The SMILES string of the molecule is CN=C(NCC(=O)Nc1ccc(F)cc1)N1CCN(Cc2cc(OC)ccc2OC)CC1. The molecule has 0 atom stereocenters.